The SMILES string of the molecule is CC(=O)NCc1cc2nnc(N3CCOCC3)n2cc1-c1ccc(Cl)cc1Cl.CC(C)CNCc1cc2nnc(N3CCOCC3)n2cc1-c1ccc(Cl)cc1Cl.COCCNCc1cc2nnc(N3CCOCC3)n2cc1-c1ccc(Cl)cc1Cl.Clc1ccc(-c2cn3c(N4CCOCC4)nnc3cc2CNCc2ccccc2)c(Cl)c1. The van der Waals surface area contributed by atoms with Gasteiger partial charge in [-0.05, 0) is 113 Å². The van der Waals surface area contributed by atoms with Gasteiger partial charge in [0.05, 0.1) is 59.5 Å². The third-order valence-corrected chi connectivity index (χ3v) is 22.4. The van der Waals surface area contributed by atoms with E-state index in [1.165, 1.54) is 12.5 Å². The lowest BCUT2D eigenvalue weighted by Gasteiger charge is -2.26. The zero-order chi connectivity index (χ0) is 82.2. The first-order valence-electron chi connectivity index (χ1n) is 38.9. The number of aromatic nitrogens is 12. The van der Waals surface area contributed by atoms with Crippen molar-refractivity contribution in [2.45, 2.75) is 53.5 Å². The lowest BCUT2D eigenvalue weighted by molar-refractivity contribution is -0.119. The molecule has 17 rings (SSSR count). The quantitative estimate of drug-likeness (QED) is 0.0435. The Bertz CT molecular complexity index is 5600. The van der Waals surface area contributed by atoms with Gasteiger partial charge < -0.3 is 64.6 Å². The number of anilines is 4. The van der Waals surface area contributed by atoms with E-state index in [1.807, 2.05) is 90.5 Å². The Kier molecular flexibility index (Phi) is 29.8. The molecule has 618 valence electrons. The van der Waals surface area contributed by atoms with Crippen LogP contribution in [0.25, 0.3) is 67.1 Å². The van der Waals surface area contributed by atoms with E-state index in [0.29, 0.717) is 131 Å². The van der Waals surface area contributed by atoms with E-state index < -0.39 is 0 Å². The van der Waals surface area contributed by atoms with Gasteiger partial charge in [-0.2, -0.15) is 0 Å². The molecule has 1 amide bonds. The molecule has 4 aliphatic rings. The number of methoxy groups -OCH3 is 1. The highest BCUT2D eigenvalue weighted by molar-refractivity contribution is 6.38. The van der Waals surface area contributed by atoms with Crippen molar-refractivity contribution in [2.24, 2.45) is 5.92 Å². The minimum atomic E-state index is -0.108. The number of carbonyl (C=O) groups excluding carboxylic acids is 1. The minimum Gasteiger partial charge on any atom is -0.383 e. The van der Waals surface area contributed by atoms with Crippen LogP contribution in [0.3, 0.4) is 0 Å². The number of nitrogens with zero attached hydrogens (tertiary/aromatic N) is 16. The first-order chi connectivity index (χ1) is 57.4. The number of pyridine rings is 4. The second kappa shape index (κ2) is 41.0. The zero-order valence-corrected chi connectivity index (χ0v) is 71.7. The first-order valence-corrected chi connectivity index (χ1v) is 42.0. The summed E-state index contributed by atoms with van der Waals surface area (Å²) in [5.74, 6) is 3.69. The minimum absolute atomic E-state index is 0.108. The molecule has 0 bridgehead atoms. The summed E-state index contributed by atoms with van der Waals surface area (Å²) >= 11 is 50.6. The highest BCUT2D eigenvalue weighted by Crippen LogP contribution is 2.39. The fourth-order valence-corrected chi connectivity index (χ4v) is 16.2. The molecule has 34 heteroatoms. The standard InChI is InChI=1S/C24H23Cl2N5O.C21H25Cl2N5O.C20H23Cl2N5O2.C19H19Cl2N5O2/c25-19-6-7-20(22(26)13-19)21-16-31-23(28-29-24(31)30-8-10-32-11-9-30)12-18(21)15-27-14-17-4-2-1-3-5-17;1-14(2)11-24-12-15-9-20-25-26-21(27-5-7-29-8-6-27)28(20)13-18(15)17-4-3-16(22)10-19(17)23;1-28-7-4-23-12-14-10-19-24-25-20(26-5-8-29-9-6-26)27(19)13-17(14)16-3-2-15(21)11-18(16)22;1-12(27)22-10-13-8-18-23-24-19(25-4-6-28-7-5-25)26(18)11-16(13)15-3-2-14(20)9-17(15)21/h1-7,12-13,16,27H,8-11,14-15H2;3-4,9-10,13-14,24H,5-8,11-12H2,1-2H3;2-3,10-11,13,23H,4-9,12H2,1H3;2-3,8-9,11H,4-7,10H2,1H3,(H,22,27). The number of morpholine rings is 4. The average Bonchev–Trinajstić information content (AvgIpc) is 1.64. The molecule has 4 N–H and O–H groups in total. The van der Waals surface area contributed by atoms with Gasteiger partial charge in [0.2, 0.25) is 29.7 Å². The van der Waals surface area contributed by atoms with Crippen LogP contribution in [0.15, 0.2) is 152 Å². The van der Waals surface area contributed by atoms with Crippen LogP contribution >= 0.6 is 92.8 Å². The van der Waals surface area contributed by atoms with E-state index in [-0.39, 0.29) is 5.91 Å². The Morgan fingerprint density at radius 1 is 0.381 bits per heavy atom. The van der Waals surface area contributed by atoms with Crippen molar-refractivity contribution in [1.82, 2.24) is 79.7 Å². The molecule has 4 saturated heterocycles. The number of fused-ring (bicyclic) bond motifs is 4. The summed E-state index contributed by atoms with van der Waals surface area (Å²) < 4.78 is 35.0. The Hall–Kier alpha value is -8.75. The zero-order valence-electron chi connectivity index (χ0n) is 65.6. The Balaban J connectivity index is 0.000000129. The van der Waals surface area contributed by atoms with E-state index in [9.17, 15) is 4.79 Å². The van der Waals surface area contributed by atoms with Crippen LogP contribution in [0, 0.1) is 5.92 Å². The van der Waals surface area contributed by atoms with E-state index >= 15 is 0 Å². The van der Waals surface area contributed by atoms with Crippen molar-refractivity contribution in [3.8, 4) is 44.5 Å². The molecule has 0 unspecified atom stereocenters. The van der Waals surface area contributed by atoms with Crippen LogP contribution in [0.5, 0.6) is 0 Å². The lowest BCUT2D eigenvalue weighted by atomic mass is 10.0. The van der Waals surface area contributed by atoms with Gasteiger partial charge in [-0.25, -0.2) is 0 Å². The predicted octanol–water partition coefficient (Wildman–Crippen LogP) is 15.6. The van der Waals surface area contributed by atoms with Gasteiger partial charge in [-0.1, -0.05) is 161 Å². The summed E-state index contributed by atoms with van der Waals surface area (Å²) in [5.41, 5.74) is 16.1. The lowest BCUT2D eigenvalue weighted by Crippen LogP contribution is -2.37. The number of hydrogen-bond acceptors (Lipinski definition) is 21. The molecule has 118 heavy (non-hydrogen) atoms. The molecular formula is C84H90Cl8N20O6. The summed E-state index contributed by atoms with van der Waals surface area (Å²) in [6, 6.07) is 40.6. The van der Waals surface area contributed by atoms with Crippen molar-refractivity contribution < 1.29 is 28.5 Å². The number of rotatable bonds is 23. The highest BCUT2D eigenvalue weighted by Gasteiger charge is 2.26. The van der Waals surface area contributed by atoms with Crippen molar-refractivity contribution in [1.29, 1.82) is 0 Å². The molecule has 8 aromatic heterocycles. The van der Waals surface area contributed by atoms with Crippen molar-refractivity contribution in [2.75, 3.05) is 152 Å². The maximum absolute atomic E-state index is 11.4. The van der Waals surface area contributed by atoms with Crippen LogP contribution in [0.4, 0.5) is 23.8 Å². The molecule has 12 heterocycles. The first kappa shape index (κ1) is 85.7. The van der Waals surface area contributed by atoms with Gasteiger partial charge in [0.1, 0.15) is 0 Å². The molecule has 0 radical (unpaired) electrons. The van der Waals surface area contributed by atoms with E-state index in [1.54, 1.807) is 37.4 Å². The van der Waals surface area contributed by atoms with Crippen LogP contribution in [-0.2, 0) is 61.2 Å². The molecule has 26 nitrogen and oxygen atoms in total. The maximum atomic E-state index is 11.4. The van der Waals surface area contributed by atoms with E-state index in [4.69, 9.17) is 116 Å². The Morgan fingerprint density at radius 3 is 0.983 bits per heavy atom. The van der Waals surface area contributed by atoms with Crippen molar-refractivity contribution in [3.63, 3.8) is 0 Å². The van der Waals surface area contributed by atoms with Gasteiger partial charge in [0.15, 0.2) is 22.6 Å². The van der Waals surface area contributed by atoms with Crippen LogP contribution in [-0.4, -0.2) is 196 Å². The molecule has 0 atom stereocenters. The van der Waals surface area contributed by atoms with Gasteiger partial charge in [-0.3, -0.25) is 22.4 Å². The van der Waals surface area contributed by atoms with Crippen LogP contribution < -0.4 is 40.9 Å². The summed E-state index contributed by atoms with van der Waals surface area (Å²) in [5, 5.41) is 53.4. The predicted molar refractivity (Wildman–Crippen MR) is 471 cm³/mol. The maximum Gasteiger partial charge on any atom is 0.231 e. The third-order valence-electron chi connectivity index (χ3n) is 20.2. The smallest absolute Gasteiger partial charge is 0.231 e. The number of hydrogen-bond donors (Lipinski definition) is 4. The van der Waals surface area contributed by atoms with Crippen LogP contribution in [0.2, 0.25) is 40.2 Å². The number of ether oxygens (including phenoxy) is 5. The molecule has 0 aliphatic carbocycles. The summed E-state index contributed by atoms with van der Waals surface area (Å²) in [7, 11) is 1.69. The normalized spacial score (nSPS) is 14.6. The second-order valence-corrected chi connectivity index (χ2v) is 32.2. The van der Waals surface area contributed by atoms with Gasteiger partial charge in [0.25, 0.3) is 0 Å². The van der Waals surface area contributed by atoms with E-state index in [0.717, 1.165) is 186 Å². The summed E-state index contributed by atoms with van der Waals surface area (Å²) in [6.45, 7) is 23.1. The fraction of sp³-hybridized carbons (Fsp3) is 0.345. The van der Waals surface area contributed by atoms with Crippen molar-refractivity contribution >= 4 is 145 Å². The van der Waals surface area contributed by atoms with Gasteiger partial charge in [-0.15, -0.1) is 40.8 Å². The molecule has 0 spiro atoms. The number of carbonyl (C=O) groups is 1. The molecule has 4 aliphatic heterocycles. The molecular weight excluding hydrogens is 1670 g/mol. The number of nitrogens with one attached hydrogen (secondary N) is 4. The molecule has 0 saturated carbocycles. The van der Waals surface area contributed by atoms with Gasteiger partial charge >= 0.3 is 0 Å². The van der Waals surface area contributed by atoms with E-state index in [2.05, 4.69) is 144 Å². The summed E-state index contributed by atoms with van der Waals surface area (Å²) in [6.07, 6.45) is 8.19. The number of halogens is 8. The topological polar surface area (TPSA) is 245 Å². The average molecular weight is 1760 g/mol. The molecule has 4 fully saturated rings. The Morgan fingerprint density at radius 2 is 0.686 bits per heavy atom. The van der Waals surface area contributed by atoms with Gasteiger partial charge in [0, 0.05) is 215 Å². The largest absolute Gasteiger partial charge is 0.383 e. The third kappa shape index (κ3) is 21.3. The molecule has 5 aromatic carbocycles. The monoisotopic (exact) mass is 1750 g/mol. The Labute approximate surface area is 723 Å². The number of benzene rings is 5. The second-order valence-electron chi connectivity index (χ2n) is 28.8. The van der Waals surface area contributed by atoms with Crippen molar-refractivity contribution in [3.05, 3.63) is 220 Å². The van der Waals surface area contributed by atoms with Crippen LogP contribution in [0.1, 0.15) is 48.6 Å². The summed E-state index contributed by atoms with van der Waals surface area (Å²) in [4.78, 5) is 20.2. The molecule has 13 aromatic rings. The number of amides is 1. The fourth-order valence-electron chi connectivity index (χ4n) is 14.2. The highest BCUT2D eigenvalue weighted by atomic mass is 35.5.